The second-order valence-corrected chi connectivity index (χ2v) is 8.57. The molecule has 3 rings (SSSR count). The maximum Gasteiger partial charge on any atom is 0.202 e. The molecule has 0 N–H and O–H groups in total. The van der Waals surface area contributed by atoms with E-state index in [4.69, 9.17) is 4.74 Å². The number of nitrogens with zero attached hydrogens (tertiary/aromatic N) is 1. The van der Waals surface area contributed by atoms with E-state index in [2.05, 4.69) is 0 Å². The highest BCUT2D eigenvalue weighted by molar-refractivity contribution is 7.90. The van der Waals surface area contributed by atoms with Gasteiger partial charge in [-0.15, -0.1) is 0 Å². The quantitative estimate of drug-likeness (QED) is 0.588. The molecule has 0 spiro atoms. The number of sulfone groups is 1. The van der Waals surface area contributed by atoms with Crippen molar-refractivity contribution >= 4 is 15.6 Å². The average molecular weight is 401 g/mol. The summed E-state index contributed by atoms with van der Waals surface area (Å²) in [5, 5.41) is 0. The molecular weight excluding hydrogens is 381 g/mol. The van der Waals surface area contributed by atoms with Crippen LogP contribution in [0.25, 0.3) is 5.69 Å². The molecule has 0 aliphatic carbocycles. The maximum atomic E-state index is 13.6. The Morgan fingerprint density at radius 3 is 2.36 bits per heavy atom. The topological polar surface area (TPSA) is 65.4 Å². The Labute approximate surface area is 163 Å². The molecular formula is C21H20FNO4S. The van der Waals surface area contributed by atoms with Crippen molar-refractivity contribution in [1.29, 1.82) is 0 Å². The third-order valence-electron chi connectivity index (χ3n) is 4.42. The molecule has 0 saturated heterocycles. The van der Waals surface area contributed by atoms with Crippen LogP contribution >= 0.6 is 0 Å². The first-order chi connectivity index (χ1) is 13.2. The first-order valence-corrected chi connectivity index (χ1v) is 10.5. The molecule has 0 saturated carbocycles. The number of hydrogen-bond acceptors (Lipinski definition) is 4. The molecule has 0 aliphatic rings. The van der Waals surface area contributed by atoms with Crippen LogP contribution in [0.15, 0.2) is 59.5 Å². The summed E-state index contributed by atoms with van der Waals surface area (Å²) in [6, 6.07) is 13.8. The second kappa shape index (κ2) is 7.59. The standard InChI is InChI=1S/C21H20FNO4S/c1-14-11-20(15(2)23(14)17-6-4-5-16(22)12-17)21(24)13-27-18-7-9-19(10-8-18)28(3,25)26/h4-12H,13H2,1-3H3. The molecule has 1 aromatic heterocycles. The van der Waals surface area contributed by atoms with E-state index in [0.29, 0.717) is 22.7 Å². The van der Waals surface area contributed by atoms with Gasteiger partial charge in [0, 0.05) is 28.9 Å². The lowest BCUT2D eigenvalue weighted by Crippen LogP contribution is -2.13. The number of hydrogen-bond donors (Lipinski definition) is 0. The minimum atomic E-state index is -3.28. The van der Waals surface area contributed by atoms with E-state index in [9.17, 15) is 17.6 Å². The van der Waals surface area contributed by atoms with Crippen molar-refractivity contribution in [1.82, 2.24) is 4.57 Å². The second-order valence-electron chi connectivity index (χ2n) is 6.56. The molecule has 0 atom stereocenters. The number of aryl methyl sites for hydroxylation is 1. The third kappa shape index (κ3) is 4.14. The predicted molar refractivity (Wildman–Crippen MR) is 105 cm³/mol. The van der Waals surface area contributed by atoms with E-state index >= 15 is 0 Å². The van der Waals surface area contributed by atoms with E-state index < -0.39 is 9.84 Å². The fourth-order valence-electron chi connectivity index (χ4n) is 3.07. The molecule has 0 amide bonds. The van der Waals surface area contributed by atoms with Crippen LogP contribution in [0.3, 0.4) is 0 Å². The molecule has 146 valence electrons. The van der Waals surface area contributed by atoms with E-state index in [1.807, 2.05) is 11.5 Å². The summed E-state index contributed by atoms with van der Waals surface area (Å²) in [4.78, 5) is 12.8. The Bertz CT molecular complexity index is 1130. The monoisotopic (exact) mass is 401 g/mol. The van der Waals surface area contributed by atoms with Crippen LogP contribution < -0.4 is 4.74 Å². The molecule has 5 nitrogen and oxygen atoms in total. The van der Waals surface area contributed by atoms with Crippen molar-refractivity contribution in [3.63, 3.8) is 0 Å². The van der Waals surface area contributed by atoms with Crippen LogP contribution in [0.1, 0.15) is 21.7 Å². The Morgan fingerprint density at radius 1 is 1.07 bits per heavy atom. The van der Waals surface area contributed by atoms with Crippen molar-refractivity contribution < 1.29 is 22.3 Å². The minimum absolute atomic E-state index is 0.185. The smallest absolute Gasteiger partial charge is 0.202 e. The summed E-state index contributed by atoms with van der Waals surface area (Å²) >= 11 is 0. The van der Waals surface area contributed by atoms with Gasteiger partial charge in [0.15, 0.2) is 16.4 Å². The van der Waals surface area contributed by atoms with Crippen LogP contribution in [0.2, 0.25) is 0 Å². The van der Waals surface area contributed by atoms with Crippen molar-refractivity contribution in [2.75, 3.05) is 12.9 Å². The van der Waals surface area contributed by atoms with E-state index in [0.717, 1.165) is 11.9 Å². The lowest BCUT2D eigenvalue weighted by Gasteiger charge is -2.10. The number of ketones is 1. The van der Waals surface area contributed by atoms with Gasteiger partial charge in [-0.2, -0.15) is 0 Å². The Balaban J connectivity index is 1.77. The lowest BCUT2D eigenvalue weighted by molar-refractivity contribution is 0.0921. The number of halogens is 1. The molecule has 0 fully saturated rings. The van der Waals surface area contributed by atoms with E-state index in [1.54, 1.807) is 25.1 Å². The first kappa shape index (κ1) is 19.8. The van der Waals surface area contributed by atoms with Crippen LogP contribution in [0, 0.1) is 19.7 Å². The molecule has 2 aromatic carbocycles. The van der Waals surface area contributed by atoms with Gasteiger partial charge in [0.25, 0.3) is 0 Å². The van der Waals surface area contributed by atoms with Gasteiger partial charge in [-0.1, -0.05) is 6.07 Å². The van der Waals surface area contributed by atoms with Gasteiger partial charge in [0.2, 0.25) is 5.78 Å². The number of benzene rings is 2. The Kier molecular flexibility index (Phi) is 5.38. The molecule has 3 aromatic rings. The van der Waals surface area contributed by atoms with Gasteiger partial charge in [0.05, 0.1) is 4.90 Å². The van der Waals surface area contributed by atoms with Gasteiger partial charge in [-0.3, -0.25) is 4.79 Å². The zero-order chi connectivity index (χ0) is 20.5. The molecule has 0 unspecified atom stereocenters. The zero-order valence-electron chi connectivity index (χ0n) is 15.8. The third-order valence-corrected chi connectivity index (χ3v) is 5.55. The molecule has 0 bridgehead atoms. The number of aromatic nitrogens is 1. The van der Waals surface area contributed by atoms with Gasteiger partial charge >= 0.3 is 0 Å². The highest BCUT2D eigenvalue weighted by Gasteiger charge is 2.17. The van der Waals surface area contributed by atoms with Gasteiger partial charge < -0.3 is 9.30 Å². The fourth-order valence-corrected chi connectivity index (χ4v) is 3.70. The molecule has 7 heteroatoms. The van der Waals surface area contributed by atoms with Crippen LogP contribution in [0.5, 0.6) is 5.75 Å². The predicted octanol–water partition coefficient (Wildman–Crippen LogP) is 3.90. The summed E-state index contributed by atoms with van der Waals surface area (Å²) < 4.78 is 43.8. The summed E-state index contributed by atoms with van der Waals surface area (Å²) in [5.41, 5.74) is 2.65. The first-order valence-electron chi connectivity index (χ1n) is 8.58. The maximum absolute atomic E-state index is 13.6. The van der Waals surface area contributed by atoms with Gasteiger partial charge in [-0.05, 0) is 62.4 Å². The number of Topliss-reactive ketones (excluding diaryl/α,β-unsaturated/α-hetero) is 1. The van der Waals surface area contributed by atoms with Crippen molar-refractivity contribution in [3.8, 4) is 11.4 Å². The van der Waals surface area contributed by atoms with Gasteiger partial charge in [0.1, 0.15) is 11.6 Å². The average Bonchev–Trinajstić information content (AvgIpc) is 2.93. The van der Waals surface area contributed by atoms with E-state index in [-0.39, 0.29) is 23.1 Å². The molecule has 0 radical (unpaired) electrons. The summed E-state index contributed by atoms with van der Waals surface area (Å²) in [6.07, 6.45) is 1.13. The lowest BCUT2D eigenvalue weighted by atomic mass is 10.1. The van der Waals surface area contributed by atoms with Crippen molar-refractivity contribution in [2.45, 2.75) is 18.7 Å². The highest BCUT2D eigenvalue weighted by Crippen LogP contribution is 2.22. The highest BCUT2D eigenvalue weighted by atomic mass is 32.2. The Hall–Kier alpha value is -2.93. The number of carbonyl (C=O) groups is 1. The van der Waals surface area contributed by atoms with Crippen molar-refractivity contribution in [3.05, 3.63) is 77.4 Å². The molecule has 28 heavy (non-hydrogen) atoms. The summed E-state index contributed by atoms with van der Waals surface area (Å²) in [7, 11) is -3.28. The summed E-state index contributed by atoms with van der Waals surface area (Å²) in [5.74, 6) is -0.165. The fraction of sp³-hybridized carbons (Fsp3) is 0.190. The van der Waals surface area contributed by atoms with Gasteiger partial charge in [-0.25, -0.2) is 12.8 Å². The normalized spacial score (nSPS) is 11.4. The minimum Gasteiger partial charge on any atom is -0.485 e. The Morgan fingerprint density at radius 2 is 1.75 bits per heavy atom. The van der Waals surface area contributed by atoms with Crippen LogP contribution in [-0.2, 0) is 9.84 Å². The largest absolute Gasteiger partial charge is 0.485 e. The van der Waals surface area contributed by atoms with Crippen LogP contribution in [0.4, 0.5) is 4.39 Å². The SMILES string of the molecule is Cc1cc(C(=O)COc2ccc(S(C)(=O)=O)cc2)c(C)n1-c1cccc(F)c1. The number of ether oxygens (including phenoxy) is 1. The number of carbonyl (C=O) groups excluding carboxylic acids is 1. The number of rotatable bonds is 6. The molecule has 0 aliphatic heterocycles. The van der Waals surface area contributed by atoms with Crippen LogP contribution in [-0.4, -0.2) is 31.6 Å². The summed E-state index contributed by atoms with van der Waals surface area (Å²) in [6.45, 7) is 3.46. The van der Waals surface area contributed by atoms with Crippen molar-refractivity contribution in [2.24, 2.45) is 0 Å². The van der Waals surface area contributed by atoms with E-state index in [1.165, 1.54) is 36.4 Å². The molecule has 1 heterocycles. The zero-order valence-corrected chi connectivity index (χ0v) is 16.6.